The molecule has 2 N–H and O–H groups in total. The molecule has 1 aliphatic heterocycles. The zero-order valence-corrected chi connectivity index (χ0v) is 12.1. The van der Waals surface area contributed by atoms with Crippen molar-refractivity contribution in [2.24, 2.45) is 5.10 Å². The summed E-state index contributed by atoms with van der Waals surface area (Å²) in [6, 6.07) is 9.04. The lowest BCUT2D eigenvalue weighted by Crippen LogP contribution is -3.00. The first-order valence-electron chi connectivity index (χ1n) is 6.10. The number of hydrazone groups is 1. The molecule has 1 aliphatic rings. The number of rotatable bonds is 2. The highest BCUT2D eigenvalue weighted by Crippen LogP contribution is 2.04. The molecule has 5 nitrogen and oxygen atoms in total. The summed E-state index contributed by atoms with van der Waals surface area (Å²) in [5.41, 5.74) is 4.05. The Bertz CT molecular complexity index is 552. The van der Waals surface area contributed by atoms with E-state index in [4.69, 9.17) is 0 Å². The molecule has 0 fully saturated rings. The van der Waals surface area contributed by atoms with Crippen LogP contribution in [0.15, 0.2) is 47.6 Å². The van der Waals surface area contributed by atoms with Gasteiger partial charge in [-0.3, -0.25) is 0 Å². The molecule has 2 rings (SSSR count). The molecule has 2 amide bonds. The van der Waals surface area contributed by atoms with Crippen LogP contribution in [0.4, 0.5) is 10.5 Å². The summed E-state index contributed by atoms with van der Waals surface area (Å²) >= 11 is 0. The van der Waals surface area contributed by atoms with E-state index in [2.05, 4.69) is 15.8 Å². The third-order valence-corrected chi connectivity index (χ3v) is 2.95. The van der Waals surface area contributed by atoms with Crippen LogP contribution >= 0.6 is 0 Å². The molecule has 1 aromatic carbocycles. The van der Waals surface area contributed by atoms with E-state index in [1.807, 2.05) is 67.2 Å². The predicted octanol–water partition coefficient (Wildman–Crippen LogP) is -1.16. The summed E-state index contributed by atoms with van der Waals surface area (Å²) in [6.07, 6.45) is 5.75. The Balaban J connectivity index is 0.00000200. The smallest absolute Gasteiger partial charge is 0.339 e. The minimum atomic E-state index is -0.350. The van der Waals surface area contributed by atoms with Crippen molar-refractivity contribution in [3.63, 3.8) is 0 Å². The zero-order chi connectivity index (χ0) is 13.7. The molecule has 0 saturated heterocycles. The van der Waals surface area contributed by atoms with Gasteiger partial charge in [-0.15, -0.1) is 0 Å². The van der Waals surface area contributed by atoms with Crippen LogP contribution in [0.2, 0.25) is 0 Å². The molecule has 1 aromatic rings. The first-order chi connectivity index (χ1) is 9.16. The van der Waals surface area contributed by atoms with Crippen molar-refractivity contribution in [1.82, 2.24) is 5.43 Å². The Labute approximate surface area is 124 Å². The normalized spacial score (nSPS) is 19.0. The molecule has 1 unspecified atom stereocenters. The number of anilines is 1. The van der Waals surface area contributed by atoms with Gasteiger partial charge < -0.3 is 17.7 Å². The molecule has 6 heteroatoms. The molecular formula is C14H17ClN4O. The van der Waals surface area contributed by atoms with E-state index in [0.29, 0.717) is 0 Å². The van der Waals surface area contributed by atoms with Gasteiger partial charge >= 0.3 is 6.03 Å². The van der Waals surface area contributed by atoms with E-state index in [0.717, 1.165) is 11.4 Å². The second kappa shape index (κ2) is 7.45. The summed E-state index contributed by atoms with van der Waals surface area (Å²) in [6.45, 7) is 2.02. The SMILES string of the molecule is CC1C(=NNC(=O)Nc2ccccc2)C=CC=[N+]1C.[Cl-]. The maximum Gasteiger partial charge on any atom is 0.339 e. The summed E-state index contributed by atoms with van der Waals surface area (Å²) in [4.78, 5) is 11.7. The maximum absolute atomic E-state index is 11.7. The van der Waals surface area contributed by atoms with Gasteiger partial charge in [0.1, 0.15) is 12.8 Å². The molecule has 0 spiro atoms. The third kappa shape index (κ3) is 4.20. The fourth-order valence-corrected chi connectivity index (χ4v) is 1.68. The number of nitrogens with zero attached hydrogens (tertiary/aromatic N) is 2. The number of amides is 2. The van der Waals surface area contributed by atoms with Crippen molar-refractivity contribution in [3.05, 3.63) is 42.5 Å². The van der Waals surface area contributed by atoms with Gasteiger partial charge in [0, 0.05) is 18.7 Å². The average Bonchev–Trinajstić information content (AvgIpc) is 2.42. The number of carbonyl (C=O) groups is 1. The lowest BCUT2D eigenvalue weighted by atomic mass is 10.1. The molecular weight excluding hydrogens is 276 g/mol. The fraction of sp³-hybridized carbons (Fsp3) is 0.214. The number of allylic oxidation sites excluding steroid dienone is 1. The maximum atomic E-state index is 11.7. The second-order valence-corrected chi connectivity index (χ2v) is 4.32. The number of nitrogens with one attached hydrogen (secondary N) is 2. The van der Waals surface area contributed by atoms with E-state index in [1.165, 1.54) is 0 Å². The Morgan fingerprint density at radius 2 is 2.00 bits per heavy atom. The van der Waals surface area contributed by atoms with Gasteiger partial charge in [0.05, 0.1) is 0 Å². The van der Waals surface area contributed by atoms with Crippen molar-refractivity contribution in [3.8, 4) is 0 Å². The number of para-hydroxylation sites is 1. The highest BCUT2D eigenvalue weighted by molar-refractivity contribution is 6.02. The minimum Gasteiger partial charge on any atom is -1.00 e. The number of benzene rings is 1. The van der Waals surface area contributed by atoms with E-state index < -0.39 is 0 Å². The topological polar surface area (TPSA) is 56.5 Å². The highest BCUT2D eigenvalue weighted by Gasteiger charge is 2.19. The number of hydrogen-bond acceptors (Lipinski definition) is 2. The second-order valence-electron chi connectivity index (χ2n) is 4.32. The molecule has 1 heterocycles. The van der Waals surface area contributed by atoms with Crippen molar-refractivity contribution in [1.29, 1.82) is 0 Å². The fourth-order valence-electron chi connectivity index (χ4n) is 1.68. The molecule has 1 atom stereocenters. The monoisotopic (exact) mass is 292 g/mol. The molecule has 106 valence electrons. The number of urea groups is 1. The van der Waals surface area contributed by atoms with Gasteiger partial charge in [-0.1, -0.05) is 18.2 Å². The average molecular weight is 293 g/mol. The quantitative estimate of drug-likeness (QED) is 0.524. The lowest BCUT2D eigenvalue weighted by Gasteiger charge is -2.11. The molecule has 20 heavy (non-hydrogen) atoms. The van der Waals surface area contributed by atoms with Crippen LogP contribution in [0.1, 0.15) is 6.92 Å². The standard InChI is InChI=1S/C14H16N4O.ClH/c1-11-13(9-6-10-18(11)2)16-17-14(19)15-12-7-4-3-5-8-12;/h3-11H,1-2H3,(H,15,19);1H. The Hall–Kier alpha value is -2.14. The van der Waals surface area contributed by atoms with Crippen molar-refractivity contribution >= 4 is 23.6 Å². The van der Waals surface area contributed by atoms with Crippen LogP contribution in [0, 0.1) is 0 Å². The van der Waals surface area contributed by atoms with Gasteiger partial charge in [0.15, 0.2) is 12.3 Å². The molecule has 0 bridgehead atoms. The Morgan fingerprint density at radius 3 is 2.70 bits per heavy atom. The van der Waals surface area contributed by atoms with Gasteiger partial charge in [0.25, 0.3) is 0 Å². The first-order valence-corrected chi connectivity index (χ1v) is 6.10. The van der Waals surface area contributed by atoms with E-state index in [9.17, 15) is 4.79 Å². The van der Waals surface area contributed by atoms with Crippen LogP contribution in [-0.4, -0.2) is 35.6 Å². The molecule has 0 aliphatic carbocycles. The lowest BCUT2D eigenvalue weighted by molar-refractivity contribution is -0.510. The van der Waals surface area contributed by atoms with Crippen molar-refractivity contribution in [2.45, 2.75) is 13.0 Å². The van der Waals surface area contributed by atoms with Crippen LogP contribution in [-0.2, 0) is 0 Å². The van der Waals surface area contributed by atoms with Crippen LogP contribution in [0.3, 0.4) is 0 Å². The highest BCUT2D eigenvalue weighted by atomic mass is 35.5. The van der Waals surface area contributed by atoms with Crippen molar-refractivity contribution in [2.75, 3.05) is 12.4 Å². The summed E-state index contributed by atoms with van der Waals surface area (Å²) in [5, 5.41) is 6.82. The predicted molar refractivity (Wildman–Crippen MR) is 76.9 cm³/mol. The Kier molecular flexibility index (Phi) is 5.93. The van der Waals surface area contributed by atoms with Crippen molar-refractivity contribution < 1.29 is 21.8 Å². The molecule has 0 radical (unpaired) electrons. The van der Waals surface area contributed by atoms with Gasteiger partial charge in [-0.2, -0.15) is 5.10 Å². The van der Waals surface area contributed by atoms with Crippen LogP contribution in [0.25, 0.3) is 0 Å². The molecule has 0 aromatic heterocycles. The van der Waals surface area contributed by atoms with E-state index in [1.54, 1.807) is 0 Å². The van der Waals surface area contributed by atoms with E-state index >= 15 is 0 Å². The summed E-state index contributed by atoms with van der Waals surface area (Å²) < 4.78 is 2.02. The number of carbonyl (C=O) groups excluding carboxylic acids is 1. The van der Waals surface area contributed by atoms with E-state index in [-0.39, 0.29) is 24.5 Å². The summed E-state index contributed by atoms with van der Waals surface area (Å²) in [5.74, 6) is 0. The summed E-state index contributed by atoms with van der Waals surface area (Å²) in [7, 11) is 1.97. The minimum absolute atomic E-state index is 0. The van der Waals surface area contributed by atoms with Crippen LogP contribution < -0.4 is 23.1 Å². The van der Waals surface area contributed by atoms with Gasteiger partial charge in [-0.25, -0.2) is 14.8 Å². The zero-order valence-electron chi connectivity index (χ0n) is 11.4. The number of halogens is 1. The van der Waals surface area contributed by atoms with Crippen LogP contribution in [0.5, 0.6) is 0 Å². The van der Waals surface area contributed by atoms with Gasteiger partial charge in [-0.05, 0) is 18.2 Å². The molecule has 0 saturated carbocycles. The number of hydrogen-bond donors (Lipinski definition) is 2. The van der Waals surface area contributed by atoms with Gasteiger partial charge in [0.2, 0.25) is 0 Å². The third-order valence-electron chi connectivity index (χ3n) is 2.95. The Morgan fingerprint density at radius 1 is 1.30 bits per heavy atom. The largest absolute Gasteiger partial charge is 1.00 e. The first kappa shape index (κ1) is 15.9.